The van der Waals surface area contributed by atoms with E-state index < -0.39 is 0 Å². The molecule has 0 fully saturated rings. The molecular weight excluding hydrogens is 206 g/mol. The molecule has 1 aromatic rings. The van der Waals surface area contributed by atoms with Gasteiger partial charge in [-0.2, -0.15) is 0 Å². The zero-order valence-electron chi connectivity index (χ0n) is 11.9. The van der Waals surface area contributed by atoms with Crippen LogP contribution in [0, 0.1) is 6.92 Å². The van der Waals surface area contributed by atoms with Crippen LogP contribution < -0.4 is 5.32 Å². The third-order valence-electron chi connectivity index (χ3n) is 4.21. The summed E-state index contributed by atoms with van der Waals surface area (Å²) in [5, 5.41) is 3.62. The molecule has 17 heavy (non-hydrogen) atoms. The summed E-state index contributed by atoms with van der Waals surface area (Å²) in [6.07, 6.45) is 2.39. The molecule has 1 nitrogen and oxygen atoms in total. The number of benzene rings is 1. The van der Waals surface area contributed by atoms with Crippen molar-refractivity contribution in [3.8, 4) is 0 Å². The Hall–Kier alpha value is -0.820. The van der Waals surface area contributed by atoms with Crippen molar-refractivity contribution < 1.29 is 0 Å². The Bertz CT molecular complexity index is 418. The minimum atomic E-state index is 0.131. The van der Waals surface area contributed by atoms with Gasteiger partial charge in [-0.05, 0) is 68.3 Å². The van der Waals surface area contributed by atoms with Crippen LogP contribution in [0.25, 0.3) is 0 Å². The first-order chi connectivity index (χ1) is 7.95. The zero-order valence-corrected chi connectivity index (χ0v) is 11.9. The minimum Gasteiger partial charge on any atom is -0.307 e. The van der Waals surface area contributed by atoms with Crippen molar-refractivity contribution in [3.05, 3.63) is 34.4 Å². The predicted octanol–water partition coefficient (Wildman–Crippen LogP) is 3.89. The molecule has 0 amide bonds. The molecular formula is C16H25N. The van der Waals surface area contributed by atoms with E-state index in [2.05, 4.69) is 52.1 Å². The van der Waals surface area contributed by atoms with Crippen LogP contribution >= 0.6 is 0 Å². The van der Waals surface area contributed by atoms with E-state index in [1.54, 1.807) is 5.56 Å². The summed E-state index contributed by atoms with van der Waals surface area (Å²) in [6.45, 7) is 12.5. The Morgan fingerprint density at radius 1 is 1.35 bits per heavy atom. The van der Waals surface area contributed by atoms with Crippen LogP contribution in [0.4, 0.5) is 0 Å². The number of hydrogen-bond donors (Lipinski definition) is 1. The van der Waals surface area contributed by atoms with Crippen LogP contribution in [0.1, 0.15) is 62.3 Å². The number of hydrogen-bond acceptors (Lipinski definition) is 1. The van der Waals surface area contributed by atoms with Crippen molar-refractivity contribution in [2.24, 2.45) is 0 Å². The van der Waals surface area contributed by atoms with E-state index in [0.717, 1.165) is 6.54 Å². The SMILES string of the molecule is CCC(C)c1cc(C)c2c(c1)CCNC2(C)C. The van der Waals surface area contributed by atoms with E-state index in [1.807, 2.05) is 0 Å². The van der Waals surface area contributed by atoms with E-state index >= 15 is 0 Å². The summed E-state index contributed by atoms with van der Waals surface area (Å²) in [5.41, 5.74) is 6.18. The van der Waals surface area contributed by atoms with Gasteiger partial charge >= 0.3 is 0 Å². The van der Waals surface area contributed by atoms with E-state index in [4.69, 9.17) is 0 Å². The van der Waals surface area contributed by atoms with Crippen molar-refractivity contribution >= 4 is 0 Å². The van der Waals surface area contributed by atoms with Gasteiger partial charge < -0.3 is 5.32 Å². The highest BCUT2D eigenvalue weighted by Crippen LogP contribution is 2.34. The van der Waals surface area contributed by atoms with Gasteiger partial charge in [0, 0.05) is 5.54 Å². The number of rotatable bonds is 2. The standard InChI is InChI=1S/C16H25N/c1-6-11(2)14-9-12(3)15-13(10-14)7-8-17-16(15,4)5/h9-11,17H,6-8H2,1-5H3. The average Bonchev–Trinajstić information content (AvgIpc) is 2.26. The number of nitrogens with one attached hydrogen (secondary N) is 1. The highest BCUT2D eigenvalue weighted by Gasteiger charge is 2.28. The lowest BCUT2D eigenvalue weighted by atomic mass is 9.80. The molecule has 1 unspecified atom stereocenters. The zero-order chi connectivity index (χ0) is 12.6. The van der Waals surface area contributed by atoms with E-state index in [-0.39, 0.29) is 5.54 Å². The molecule has 0 aliphatic carbocycles. The smallest absolute Gasteiger partial charge is 0.0382 e. The summed E-state index contributed by atoms with van der Waals surface area (Å²) in [7, 11) is 0. The molecule has 0 radical (unpaired) electrons. The molecule has 1 heterocycles. The van der Waals surface area contributed by atoms with Crippen molar-refractivity contribution in [3.63, 3.8) is 0 Å². The average molecular weight is 231 g/mol. The van der Waals surface area contributed by atoms with Crippen LogP contribution in [-0.2, 0) is 12.0 Å². The van der Waals surface area contributed by atoms with Gasteiger partial charge in [-0.25, -0.2) is 0 Å². The Labute approximate surface area is 106 Å². The quantitative estimate of drug-likeness (QED) is 0.814. The maximum Gasteiger partial charge on any atom is 0.0382 e. The van der Waals surface area contributed by atoms with E-state index in [0.29, 0.717) is 5.92 Å². The minimum absolute atomic E-state index is 0.131. The maximum atomic E-state index is 3.62. The summed E-state index contributed by atoms with van der Waals surface area (Å²) in [5.74, 6) is 0.678. The van der Waals surface area contributed by atoms with Gasteiger partial charge in [0.1, 0.15) is 0 Å². The van der Waals surface area contributed by atoms with Crippen molar-refractivity contribution in [1.29, 1.82) is 0 Å². The number of aryl methyl sites for hydroxylation is 1. The molecule has 94 valence electrons. The molecule has 2 rings (SSSR count). The highest BCUT2D eigenvalue weighted by molar-refractivity contribution is 5.45. The van der Waals surface area contributed by atoms with Gasteiger partial charge in [-0.1, -0.05) is 26.0 Å². The summed E-state index contributed by atoms with van der Waals surface area (Å²) < 4.78 is 0. The Balaban J connectivity index is 2.52. The summed E-state index contributed by atoms with van der Waals surface area (Å²) in [6, 6.07) is 4.83. The molecule has 0 bridgehead atoms. The Kier molecular flexibility index (Phi) is 3.31. The second-order valence-electron chi connectivity index (χ2n) is 5.98. The summed E-state index contributed by atoms with van der Waals surface area (Å²) >= 11 is 0. The molecule has 1 aliphatic rings. The fourth-order valence-corrected chi connectivity index (χ4v) is 3.10. The summed E-state index contributed by atoms with van der Waals surface area (Å²) in [4.78, 5) is 0. The van der Waals surface area contributed by atoms with Gasteiger partial charge in [0.15, 0.2) is 0 Å². The normalized spacial score (nSPS) is 19.8. The van der Waals surface area contributed by atoms with Crippen molar-refractivity contribution in [2.45, 2.75) is 58.9 Å². The lowest BCUT2D eigenvalue weighted by molar-refractivity contribution is 0.379. The molecule has 1 N–H and O–H groups in total. The monoisotopic (exact) mass is 231 g/mol. The first-order valence-corrected chi connectivity index (χ1v) is 6.84. The Morgan fingerprint density at radius 3 is 2.71 bits per heavy atom. The highest BCUT2D eigenvalue weighted by atomic mass is 15.0. The largest absolute Gasteiger partial charge is 0.307 e. The fraction of sp³-hybridized carbons (Fsp3) is 0.625. The Morgan fingerprint density at radius 2 is 2.06 bits per heavy atom. The van der Waals surface area contributed by atoms with E-state index in [9.17, 15) is 0 Å². The van der Waals surface area contributed by atoms with Gasteiger partial charge in [0.2, 0.25) is 0 Å². The van der Waals surface area contributed by atoms with Crippen LogP contribution in [0.15, 0.2) is 12.1 Å². The number of fused-ring (bicyclic) bond motifs is 1. The van der Waals surface area contributed by atoms with Crippen molar-refractivity contribution in [2.75, 3.05) is 6.54 Å². The van der Waals surface area contributed by atoms with Crippen LogP contribution in [0.3, 0.4) is 0 Å². The third kappa shape index (κ3) is 2.26. The molecule has 0 saturated heterocycles. The molecule has 1 atom stereocenters. The molecule has 1 heteroatoms. The molecule has 0 saturated carbocycles. The molecule has 0 aromatic heterocycles. The van der Waals surface area contributed by atoms with Gasteiger partial charge in [0.05, 0.1) is 0 Å². The fourth-order valence-electron chi connectivity index (χ4n) is 3.10. The molecule has 0 spiro atoms. The lowest BCUT2D eigenvalue weighted by Gasteiger charge is -2.36. The van der Waals surface area contributed by atoms with Gasteiger partial charge in [-0.15, -0.1) is 0 Å². The van der Waals surface area contributed by atoms with Gasteiger partial charge in [0.25, 0.3) is 0 Å². The first kappa shape index (κ1) is 12.6. The topological polar surface area (TPSA) is 12.0 Å². The van der Waals surface area contributed by atoms with E-state index in [1.165, 1.54) is 29.5 Å². The van der Waals surface area contributed by atoms with Crippen molar-refractivity contribution in [1.82, 2.24) is 5.32 Å². The van der Waals surface area contributed by atoms with Gasteiger partial charge in [-0.3, -0.25) is 0 Å². The lowest BCUT2D eigenvalue weighted by Crippen LogP contribution is -2.43. The maximum absolute atomic E-state index is 3.62. The second kappa shape index (κ2) is 4.45. The van der Waals surface area contributed by atoms with Crippen LogP contribution in [0.2, 0.25) is 0 Å². The first-order valence-electron chi connectivity index (χ1n) is 6.84. The molecule has 1 aromatic carbocycles. The second-order valence-corrected chi connectivity index (χ2v) is 5.98. The van der Waals surface area contributed by atoms with Crippen LogP contribution in [0.5, 0.6) is 0 Å². The van der Waals surface area contributed by atoms with Crippen LogP contribution in [-0.4, -0.2) is 6.54 Å². The third-order valence-corrected chi connectivity index (χ3v) is 4.21. The molecule has 1 aliphatic heterocycles. The predicted molar refractivity (Wildman–Crippen MR) is 74.6 cm³/mol.